The van der Waals surface area contributed by atoms with Crippen LogP contribution in [-0.4, -0.2) is 12.7 Å². The van der Waals surface area contributed by atoms with Crippen LogP contribution in [0.5, 0.6) is 0 Å². The van der Waals surface area contributed by atoms with E-state index in [1.807, 2.05) is 0 Å². The van der Waals surface area contributed by atoms with E-state index in [1.54, 1.807) is 0 Å². The van der Waals surface area contributed by atoms with Crippen LogP contribution in [0.1, 0.15) is 12.8 Å². The molecule has 0 saturated heterocycles. The van der Waals surface area contributed by atoms with Gasteiger partial charge in [-0.25, -0.2) is 0 Å². The molecule has 0 aromatic heterocycles. The van der Waals surface area contributed by atoms with Crippen molar-refractivity contribution in [3.63, 3.8) is 0 Å². The van der Waals surface area contributed by atoms with E-state index in [-0.39, 0.29) is 13.0 Å². The fourth-order valence-electron chi connectivity index (χ4n) is 1.17. The van der Waals surface area contributed by atoms with Gasteiger partial charge in [0.1, 0.15) is 0 Å². The second kappa shape index (κ2) is 6.03. The van der Waals surface area contributed by atoms with Crippen LogP contribution in [0.2, 0.25) is 15.1 Å². The van der Waals surface area contributed by atoms with Crippen LogP contribution in [0.4, 0.5) is 18.9 Å². The van der Waals surface area contributed by atoms with Crippen molar-refractivity contribution in [3.05, 3.63) is 27.2 Å². The summed E-state index contributed by atoms with van der Waals surface area (Å²) in [6.07, 6.45) is -5.00. The molecule has 0 aliphatic heterocycles. The SMILES string of the molecule is FC(F)(F)CCCNc1cc(Cl)c(Cl)cc1Cl. The highest BCUT2D eigenvalue weighted by Gasteiger charge is 2.25. The predicted molar refractivity (Wildman–Crippen MR) is 65.3 cm³/mol. The Morgan fingerprint density at radius 1 is 1.00 bits per heavy atom. The van der Waals surface area contributed by atoms with Gasteiger partial charge in [0.2, 0.25) is 0 Å². The first kappa shape index (κ1) is 14.7. The van der Waals surface area contributed by atoms with Crippen molar-refractivity contribution in [1.82, 2.24) is 0 Å². The maximum Gasteiger partial charge on any atom is 0.389 e. The standard InChI is InChI=1S/C10H9Cl3F3N/c11-6-4-8(13)9(5-7(6)12)17-3-1-2-10(14,15)16/h4-5,17H,1-3H2. The van der Waals surface area contributed by atoms with E-state index in [0.717, 1.165) is 0 Å². The monoisotopic (exact) mass is 305 g/mol. The highest BCUT2D eigenvalue weighted by Crippen LogP contribution is 2.32. The van der Waals surface area contributed by atoms with Gasteiger partial charge in [0.15, 0.2) is 0 Å². The van der Waals surface area contributed by atoms with Gasteiger partial charge in [0.25, 0.3) is 0 Å². The Bertz CT molecular complexity index is 393. The molecule has 1 rings (SSSR count). The predicted octanol–water partition coefficient (Wildman–Crippen LogP) is 5.40. The highest BCUT2D eigenvalue weighted by atomic mass is 35.5. The van der Waals surface area contributed by atoms with Crippen LogP contribution < -0.4 is 5.32 Å². The molecule has 1 aromatic rings. The van der Waals surface area contributed by atoms with Gasteiger partial charge in [-0.1, -0.05) is 34.8 Å². The van der Waals surface area contributed by atoms with Gasteiger partial charge in [-0.2, -0.15) is 13.2 Å². The van der Waals surface area contributed by atoms with E-state index in [0.29, 0.717) is 20.8 Å². The zero-order chi connectivity index (χ0) is 13.1. The van der Waals surface area contributed by atoms with Gasteiger partial charge in [0.05, 0.1) is 20.8 Å². The Morgan fingerprint density at radius 3 is 2.18 bits per heavy atom. The molecular formula is C10H9Cl3F3N. The molecule has 0 unspecified atom stereocenters. The molecule has 1 aromatic carbocycles. The molecule has 0 spiro atoms. The smallest absolute Gasteiger partial charge is 0.384 e. The topological polar surface area (TPSA) is 12.0 Å². The van der Waals surface area contributed by atoms with E-state index >= 15 is 0 Å². The summed E-state index contributed by atoms with van der Waals surface area (Å²) in [5.74, 6) is 0. The Hall–Kier alpha value is -0.320. The number of nitrogens with one attached hydrogen (secondary N) is 1. The minimum Gasteiger partial charge on any atom is -0.384 e. The van der Waals surface area contributed by atoms with E-state index in [4.69, 9.17) is 34.8 Å². The first-order chi connectivity index (χ1) is 7.79. The van der Waals surface area contributed by atoms with Gasteiger partial charge >= 0.3 is 6.18 Å². The molecule has 0 aliphatic rings. The summed E-state index contributed by atoms with van der Waals surface area (Å²) in [6, 6.07) is 2.93. The lowest BCUT2D eigenvalue weighted by molar-refractivity contribution is -0.134. The first-order valence-electron chi connectivity index (χ1n) is 4.75. The number of benzene rings is 1. The molecule has 0 aliphatic carbocycles. The van der Waals surface area contributed by atoms with Gasteiger partial charge in [-0.05, 0) is 18.6 Å². The van der Waals surface area contributed by atoms with E-state index < -0.39 is 12.6 Å². The van der Waals surface area contributed by atoms with Crippen molar-refractivity contribution >= 4 is 40.5 Å². The van der Waals surface area contributed by atoms with Crippen molar-refractivity contribution in [1.29, 1.82) is 0 Å². The first-order valence-corrected chi connectivity index (χ1v) is 5.88. The minimum atomic E-state index is -4.14. The van der Waals surface area contributed by atoms with Gasteiger partial charge < -0.3 is 5.32 Å². The van der Waals surface area contributed by atoms with Gasteiger partial charge in [-0.15, -0.1) is 0 Å². The lowest BCUT2D eigenvalue weighted by Gasteiger charge is -2.10. The molecule has 0 saturated carbocycles. The van der Waals surface area contributed by atoms with Crippen molar-refractivity contribution in [2.24, 2.45) is 0 Å². The van der Waals surface area contributed by atoms with Gasteiger partial charge in [0, 0.05) is 13.0 Å². The molecular weight excluding hydrogens is 297 g/mol. The normalized spacial score (nSPS) is 11.6. The van der Waals surface area contributed by atoms with Crippen LogP contribution in [0.3, 0.4) is 0 Å². The molecule has 0 heterocycles. The molecule has 0 amide bonds. The fourth-order valence-corrected chi connectivity index (χ4v) is 1.78. The summed E-state index contributed by atoms with van der Waals surface area (Å²) in [6.45, 7) is 0.164. The third kappa shape index (κ3) is 5.23. The third-order valence-corrected chi connectivity index (χ3v) is 3.00. The fraction of sp³-hybridized carbons (Fsp3) is 0.400. The molecule has 1 N–H and O–H groups in total. The Labute approximate surface area is 112 Å². The highest BCUT2D eigenvalue weighted by molar-refractivity contribution is 6.44. The van der Waals surface area contributed by atoms with Crippen LogP contribution in [-0.2, 0) is 0 Å². The minimum absolute atomic E-state index is 0.0277. The van der Waals surface area contributed by atoms with Crippen LogP contribution >= 0.6 is 34.8 Å². The number of hydrogen-bond acceptors (Lipinski definition) is 1. The number of alkyl halides is 3. The van der Waals surface area contributed by atoms with E-state index in [9.17, 15) is 13.2 Å². The van der Waals surface area contributed by atoms with Crippen molar-refractivity contribution in [3.8, 4) is 0 Å². The van der Waals surface area contributed by atoms with E-state index in [2.05, 4.69) is 5.32 Å². The zero-order valence-corrected chi connectivity index (χ0v) is 10.8. The maximum absolute atomic E-state index is 11.9. The molecule has 7 heteroatoms. The molecule has 1 nitrogen and oxygen atoms in total. The summed E-state index contributed by atoms with van der Waals surface area (Å²) in [5.41, 5.74) is 0.475. The Kier molecular flexibility index (Phi) is 5.22. The third-order valence-electron chi connectivity index (χ3n) is 1.96. The molecule has 0 atom stereocenters. The Morgan fingerprint density at radius 2 is 1.59 bits per heavy atom. The largest absolute Gasteiger partial charge is 0.389 e. The summed E-state index contributed by atoms with van der Waals surface area (Å²) in [5, 5.41) is 3.71. The number of hydrogen-bond donors (Lipinski definition) is 1. The van der Waals surface area contributed by atoms with Crippen molar-refractivity contribution in [2.45, 2.75) is 19.0 Å². The van der Waals surface area contributed by atoms with Crippen LogP contribution in [0, 0.1) is 0 Å². The lowest BCUT2D eigenvalue weighted by atomic mass is 10.2. The Balaban J connectivity index is 2.50. The van der Waals surface area contributed by atoms with Crippen molar-refractivity contribution < 1.29 is 13.2 Å². The molecule has 0 radical (unpaired) electrons. The molecule has 0 bridgehead atoms. The van der Waals surface area contributed by atoms with Crippen molar-refractivity contribution in [2.75, 3.05) is 11.9 Å². The average molecular weight is 307 g/mol. The summed E-state index contributed by atoms with van der Waals surface area (Å²) in [4.78, 5) is 0. The number of rotatable bonds is 4. The lowest BCUT2D eigenvalue weighted by Crippen LogP contribution is -2.11. The number of anilines is 1. The zero-order valence-electron chi connectivity index (χ0n) is 8.54. The quantitative estimate of drug-likeness (QED) is 0.580. The second-order valence-electron chi connectivity index (χ2n) is 3.39. The van der Waals surface area contributed by atoms with Gasteiger partial charge in [-0.3, -0.25) is 0 Å². The number of halogens is 6. The summed E-state index contributed by atoms with van der Waals surface area (Å²) in [7, 11) is 0. The molecule has 96 valence electrons. The average Bonchev–Trinajstić information content (AvgIpc) is 2.18. The molecule has 0 fully saturated rings. The maximum atomic E-state index is 11.9. The summed E-state index contributed by atoms with van der Waals surface area (Å²) >= 11 is 17.3. The van der Waals surface area contributed by atoms with Crippen LogP contribution in [0.25, 0.3) is 0 Å². The second-order valence-corrected chi connectivity index (χ2v) is 4.61. The van der Waals surface area contributed by atoms with E-state index in [1.165, 1.54) is 12.1 Å². The molecule has 17 heavy (non-hydrogen) atoms. The van der Waals surface area contributed by atoms with Crippen LogP contribution in [0.15, 0.2) is 12.1 Å². The summed E-state index contributed by atoms with van der Waals surface area (Å²) < 4.78 is 35.7.